The fourth-order valence-corrected chi connectivity index (χ4v) is 2.74. The van der Waals surface area contributed by atoms with Crippen LogP contribution in [0.25, 0.3) is 0 Å². The van der Waals surface area contributed by atoms with Gasteiger partial charge < -0.3 is 20.1 Å². The summed E-state index contributed by atoms with van der Waals surface area (Å²) in [7, 11) is 0. The lowest BCUT2D eigenvalue weighted by Gasteiger charge is -2.10. The molecule has 0 bridgehead atoms. The topological polar surface area (TPSA) is 59.6 Å². The van der Waals surface area contributed by atoms with Crippen molar-refractivity contribution in [1.29, 1.82) is 0 Å². The van der Waals surface area contributed by atoms with Crippen molar-refractivity contribution in [2.24, 2.45) is 0 Å². The minimum Gasteiger partial charge on any atom is -0.490 e. The van der Waals surface area contributed by atoms with Gasteiger partial charge in [0.1, 0.15) is 24.7 Å². The van der Waals surface area contributed by atoms with Gasteiger partial charge in [0.05, 0.1) is 6.54 Å². The molecular weight excluding hydrogens is 364 g/mol. The van der Waals surface area contributed by atoms with Crippen LogP contribution in [-0.2, 0) is 11.2 Å². The molecule has 0 unspecified atom stereocenters. The molecule has 1 amide bonds. The molecule has 0 fully saturated rings. The average molecular weight is 390 g/mol. The minimum absolute atomic E-state index is 0.0284. The van der Waals surface area contributed by atoms with E-state index in [0.29, 0.717) is 19.8 Å². The normalized spacial score (nSPS) is 10.2. The maximum Gasteiger partial charge on any atom is 0.239 e. The van der Waals surface area contributed by atoms with Gasteiger partial charge in [-0.25, -0.2) is 0 Å². The van der Waals surface area contributed by atoms with Crippen molar-refractivity contribution >= 4 is 11.6 Å². The third-order valence-corrected chi connectivity index (χ3v) is 4.25. The van der Waals surface area contributed by atoms with Crippen LogP contribution in [0.5, 0.6) is 11.5 Å². The van der Waals surface area contributed by atoms with Crippen molar-refractivity contribution in [3.8, 4) is 11.5 Å². The van der Waals surface area contributed by atoms with Crippen LogP contribution >= 0.6 is 0 Å². The number of benzene rings is 3. The summed E-state index contributed by atoms with van der Waals surface area (Å²) in [5.41, 5.74) is 2.08. The first-order valence-electron chi connectivity index (χ1n) is 9.75. The van der Waals surface area contributed by atoms with Crippen molar-refractivity contribution in [3.63, 3.8) is 0 Å². The van der Waals surface area contributed by atoms with Crippen LogP contribution in [0.3, 0.4) is 0 Å². The van der Waals surface area contributed by atoms with E-state index in [1.807, 2.05) is 72.8 Å². The number of carbonyl (C=O) groups excluding carboxylic acids is 1. The molecule has 29 heavy (non-hydrogen) atoms. The molecule has 3 aromatic carbocycles. The Hall–Kier alpha value is -3.47. The van der Waals surface area contributed by atoms with Crippen molar-refractivity contribution in [1.82, 2.24) is 5.32 Å². The Morgan fingerprint density at radius 3 is 1.97 bits per heavy atom. The van der Waals surface area contributed by atoms with E-state index < -0.39 is 0 Å². The summed E-state index contributed by atoms with van der Waals surface area (Å²) in [5, 5.41) is 6.04. The van der Waals surface area contributed by atoms with Gasteiger partial charge in [-0.1, -0.05) is 48.5 Å². The highest BCUT2D eigenvalue weighted by atomic mass is 16.5. The highest BCUT2D eigenvalue weighted by molar-refractivity contribution is 5.80. The second-order valence-corrected chi connectivity index (χ2v) is 6.47. The van der Waals surface area contributed by atoms with Gasteiger partial charge in [0.2, 0.25) is 5.91 Å². The van der Waals surface area contributed by atoms with Crippen LogP contribution in [0.2, 0.25) is 0 Å². The Balaban J connectivity index is 1.30. The van der Waals surface area contributed by atoms with Crippen LogP contribution in [-0.4, -0.2) is 32.2 Å². The number of hydrogen-bond donors (Lipinski definition) is 2. The van der Waals surface area contributed by atoms with E-state index in [-0.39, 0.29) is 12.5 Å². The van der Waals surface area contributed by atoms with Gasteiger partial charge >= 0.3 is 0 Å². The van der Waals surface area contributed by atoms with E-state index in [9.17, 15) is 4.79 Å². The first-order valence-corrected chi connectivity index (χ1v) is 9.75. The van der Waals surface area contributed by atoms with Crippen LogP contribution in [0.1, 0.15) is 5.56 Å². The second-order valence-electron chi connectivity index (χ2n) is 6.47. The fraction of sp³-hybridized carbons (Fsp3) is 0.208. The number of para-hydroxylation sites is 1. The number of hydrogen-bond acceptors (Lipinski definition) is 4. The zero-order valence-corrected chi connectivity index (χ0v) is 16.3. The lowest BCUT2D eigenvalue weighted by atomic mass is 10.1. The van der Waals surface area contributed by atoms with Crippen molar-refractivity contribution < 1.29 is 14.3 Å². The van der Waals surface area contributed by atoms with E-state index in [0.717, 1.165) is 23.6 Å². The molecule has 0 aliphatic carbocycles. The van der Waals surface area contributed by atoms with Crippen LogP contribution in [0, 0.1) is 0 Å². The zero-order valence-electron chi connectivity index (χ0n) is 16.3. The fourth-order valence-electron chi connectivity index (χ4n) is 2.74. The number of nitrogens with one attached hydrogen (secondary N) is 2. The highest BCUT2D eigenvalue weighted by Crippen LogP contribution is 2.15. The van der Waals surface area contributed by atoms with E-state index in [4.69, 9.17) is 9.47 Å². The van der Waals surface area contributed by atoms with Gasteiger partial charge in [0.25, 0.3) is 0 Å². The van der Waals surface area contributed by atoms with Gasteiger partial charge in [0.15, 0.2) is 0 Å². The molecular formula is C24H26N2O3. The number of carbonyl (C=O) groups is 1. The molecule has 5 heteroatoms. The van der Waals surface area contributed by atoms with E-state index in [1.54, 1.807) is 0 Å². The summed E-state index contributed by atoms with van der Waals surface area (Å²) >= 11 is 0. The molecule has 0 radical (unpaired) electrons. The Morgan fingerprint density at radius 1 is 0.724 bits per heavy atom. The van der Waals surface area contributed by atoms with Crippen molar-refractivity contribution in [2.75, 3.05) is 31.6 Å². The molecule has 0 aromatic heterocycles. The summed E-state index contributed by atoms with van der Waals surface area (Å²) in [6.45, 7) is 1.81. The van der Waals surface area contributed by atoms with Gasteiger partial charge in [-0.2, -0.15) is 0 Å². The Bertz CT molecular complexity index is 852. The summed E-state index contributed by atoms with van der Waals surface area (Å²) in [6, 6.07) is 27.3. The largest absolute Gasteiger partial charge is 0.490 e. The standard InChI is InChI=1S/C24H26N2O3/c27-24(25-16-15-20-7-3-1-4-8-20)19-26-21-11-13-23(14-12-21)29-18-17-28-22-9-5-2-6-10-22/h1-14,26H,15-19H2,(H,25,27). The number of ether oxygens (including phenoxy) is 2. The van der Waals surface area contributed by atoms with Crippen LogP contribution in [0.15, 0.2) is 84.9 Å². The quantitative estimate of drug-likeness (QED) is 0.487. The molecule has 3 aromatic rings. The molecule has 0 saturated heterocycles. The van der Waals surface area contributed by atoms with Crippen LogP contribution < -0.4 is 20.1 Å². The van der Waals surface area contributed by atoms with E-state index >= 15 is 0 Å². The van der Waals surface area contributed by atoms with Gasteiger partial charge in [-0.3, -0.25) is 4.79 Å². The molecule has 0 atom stereocenters. The van der Waals surface area contributed by atoms with E-state index in [1.165, 1.54) is 5.56 Å². The van der Waals surface area contributed by atoms with Crippen molar-refractivity contribution in [3.05, 3.63) is 90.5 Å². The molecule has 0 heterocycles. The summed E-state index contributed by atoms with van der Waals surface area (Å²) in [5.74, 6) is 1.57. The predicted octanol–water partition coefficient (Wildman–Crippen LogP) is 3.92. The average Bonchev–Trinajstić information content (AvgIpc) is 2.77. The van der Waals surface area contributed by atoms with E-state index in [2.05, 4.69) is 22.8 Å². The lowest BCUT2D eigenvalue weighted by molar-refractivity contribution is -0.119. The smallest absolute Gasteiger partial charge is 0.239 e. The summed E-state index contributed by atoms with van der Waals surface area (Å²) in [4.78, 5) is 12.0. The van der Waals surface area contributed by atoms with Gasteiger partial charge in [-0.15, -0.1) is 0 Å². The second kappa shape index (κ2) is 11.4. The Morgan fingerprint density at radius 2 is 1.31 bits per heavy atom. The SMILES string of the molecule is O=C(CNc1ccc(OCCOc2ccccc2)cc1)NCCc1ccccc1. The molecule has 0 spiro atoms. The molecule has 3 rings (SSSR count). The summed E-state index contributed by atoms with van der Waals surface area (Å²) in [6.07, 6.45) is 0.826. The number of anilines is 1. The molecule has 2 N–H and O–H groups in total. The van der Waals surface area contributed by atoms with Crippen LogP contribution in [0.4, 0.5) is 5.69 Å². The Kier molecular flexibility index (Phi) is 7.96. The predicted molar refractivity (Wildman–Crippen MR) is 116 cm³/mol. The number of rotatable bonds is 11. The Labute approximate surface area is 171 Å². The van der Waals surface area contributed by atoms with Crippen molar-refractivity contribution in [2.45, 2.75) is 6.42 Å². The third-order valence-electron chi connectivity index (χ3n) is 4.25. The number of amides is 1. The summed E-state index contributed by atoms with van der Waals surface area (Å²) < 4.78 is 11.3. The lowest BCUT2D eigenvalue weighted by Crippen LogP contribution is -2.31. The maximum absolute atomic E-state index is 12.0. The monoisotopic (exact) mass is 390 g/mol. The molecule has 0 aliphatic heterocycles. The highest BCUT2D eigenvalue weighted by Gasteiger charge is 2.02. The molecule has 150 valence electrons. The minimum atomic E-state index is -0.0284. The zero-order chi connectivity index (χ0) is 20.2. The first-order chi connectivity index (χ1) is 14.3. The molecule has 5 nitrogen and oxygen atoms in total. The first kappa shape index (κ1) is 20.3. The van der Waals surface area contributed by atoms with Gasteiger partial charge in [-0.05, 0) is 48.4 Å². The molecule has 0 aliphatic rings. The third kappa shape index (κ3) is 7.58. The molecule has 0 saturated carbocycles. The van der Waals surface area contributed by atoms with Gasteiger partial charge in [0, 0.05) is 12.2 Å². The maximum atomic E-state index is 12.0.